The second-order valence-corrected chi connectivity index (χ2v) is 6.43. The zero-order valence-electron chi connectivity index (χ0n) is 13.5. The summed E-state index contributed by atoms with van der Waals surface area (Å²) in [6.45, 7) is 3.75. The third kappa shape index (κ3) is 3.77. The quantitative estimate of drug-likeness (QED) is 0.645. The summed E-state index contributed by atoms with van der Waals surface area (Å²) < 4.78 is 2.75. The van der Waals surface area contributed by atoms with E-state index in [1.54, 1.807) is 18.6 Å². The van der Waals surface area contributed by atoms with Gasteiger partial charge in [-0.3, -0.25) is 4.79 Å². The molecule has 0 aliphatic heterocycles. The monoisotopic (exact) mass is 397 g/mol. The molecule has 0 aliphatic rings. The zero-order chi connectivity index (χ0) is 18.0. The normalized spacial score (nSPS) is 10.5. The molecule has 126 valence electrons. The Balaban J connectivity index is 2.05. The van der Waals surface area contributed by atoms with Crippen LogP contribution >= 0.6 is 15.9 Å². The fourth-order valence-electron chi connectivity index (χ4n) is 2.33. The van der Waals surface area contributed by atoms with Gasteiger partial charge in [0.2, 0.25) is 5.91 Å². The minimum Gasteiger partial charge on any atom is -0.366 e. The van der Waals surface area contributed by atoms with Crippen LogP contribution in [0.25, 0.3) is 16.8 Å². The molecule has 25 heavy (non-hydrogen) atoms. The van der Waals surface area contributed by atoms with E-state index in [1.165, 1.54) is 0 Å². The molecule has 0 bridgehead atoms. The van der Waals surface area contributed by atoms with Crippen LogP contribution in [0, 0.1) is 0 Å². The number of primary amides is 1. The van der Waals surface area contributed by atoms with E-state index in [9.17, 15) is 4.79 Å². The Morgan fingerprint density at radius 1 is 1.28 bits per heavy atom. The topological polar surface area (TPSA) is 85.8 Å². The van der Waals surface area contributed by atoms with Gasteiger partial charge in [0.1, 0.15) is 5.82 Å². The van der Waals surface area contributed by atoms with Crippen LogP contribution < -0.4 is 11.1 Å². The molecule has 1 aromatic carbocycles. The molecule has 0 aliphatic carbocycles. The lowest BCUT2D eigenvalue weighted by Crippen LogP contribution is -2.12. The number of nitrogens with two attached hydrogens (primary N) is 1. The fourth-order valence-corrected chi connectivity index (χ4v) is 2.57. The summed E-state index contributed by atoms with van der Waals surface area (Å²) in [5.41, 5.74) is 8.66. The number of imidazole rings is 1. The molecule has 0 spiro atoms. The Hall–Kier alpha value is -2.93. The van der Waals surface area contributed by atoms with Crippen molar-refractivity contribution < 1.29 is 4.79 Å². The van der Waals surface area contributed by atoms with Crippen molar-refractivity contribution in [2.24, 2.45) is 12.8 Å². The van der Waals surface area contributed by atoms with Gasteiger partial charge in [0.05, 0.1) is 12.0 Å². The Morgan fingerprint density at radius 2 is 2.08 bits per heavy atom. The van der Waals surface area contributed by atoms with Gasteiger partial charge in [0, 0.05) is 40.7 Å². The van der Waals surface area contributed by atoms with Crippen LogP contribution in [-0.2, 0) is 11.8 Å². The predicted octanol–water partition coefficient (Wildman–Crippen LogP) is 3.49. The van der Waals surface area contributed by atoms with Gasteiger partial charge in [-0.1, -0.05) is 12.6 Å². The number of amides is 1. The summed E-state index contributed by atoms with van der Waals surface area (Å²) in [7, 11) is 1.89. The third-order valence-electron chi connectivity index (χ3n) is 3.64. The van der Waals surface area contributed by atoms with Gasteiger partial charge in [-0.25, -0.2) is 9.97 Å². The molecule has 0 fully saturated rings. The highest BCUT2D eigenvalue weighted by Gasteiger charge is 2.13. The van der Waals surface area contributed by atoms with Gasteiger partial charge in [0.25, 0.3) is 0 Å². The van der Waals surface area contributed by atoms with E-state index in [0.29, 0.717) is 11.4 Å². The first-order valence-corrected chi connectivity index (χ1v) is 8.23. The molecule has 0 saturated carbocycles. The smallest absolute Gasteiger partial charge is 0.248 e. The van der Waals surface area contributed by atoms with Gasteiger partial charge in [-0.2, -0.15) is 0 Å². The largest absolute Gasteiger partial charge is 0.366 e. The van der Waals surface area contributed by atoms with Crippen LogP contribution in [0.15, 0.2) is 60.1 Å². The van der Waals surface area contributed by atoms with Crippen LogP contribution in [0.1, 0.15) is 5.56 Å². The number of carbonyl (C=O) groups is 1. The fraction of sp³-hybridized carbons (Fsp3) is 0.0556. The standard InChI is InChI=1S/C18H16BrN5O/c1-11(18(20)25)12-3-5-15(23-17-6-4-13(19)8-21-17)14(7-12)16-9-24(2)10-22-16/h3-10H,1H2,2H3,(H2,20,25)(H,21,23). The highest BCUT2D eigenvalue weighted by molar-refractivity contribution is 9.10. The average Bonchev–Trinajstić information content (AvgIpc) is 3.03. The number of hydrogen-bond donors (Lipinski definition) is 2. The summed E-state index contributed by atoms with van der Waals surface area (Å²) >= 11 is 3.37. The lowest BCUT2D eigenvalue weighted by Gasteiger charge is -2.12. The van der Waals surface area contributed by atoms with Gasteiger partial charge >= 0.3 is 0 Å². The Kier molecular flexibility index (Phi) is 4.67. The minimum absolute atomic E-state index is 0.255. The molecule has 0 saturated heterocycles. The summed E-state index contributed by atoms with van der Waals surface area (Å²) in [5, 5.41) is 3.28. The molecule has 0 unspecified atom stereocenters. The van der Waals surface area contributed by atoms with Crippen molar-refractivity contribution in [2.75, 3.05) is 5.32 Å². The molecule has 1 amide bonds. The predicted molar refractivity (Wildman–Crippen MR) is 102 cm³/mol. The lowest BCUT2D eigenvalue weighted by molar-refractivity contribution is -0.112. The Morgan fingerprint density at radius 3 is 2.68 bits per heavy atom. The van der Waals surface area contributed by atoms with E-state index in [0.717, 1.165) is 21.4 Å². The van der Waals surface area contributed by atoms with Gasteiger partial charge in [-0.15, -0.1) is 0 Å². The molecule has 0 radical (unpaired) electrons. The van der Waals surface area contributed by atoms with Crippen molar-refractivity contribution in [3.05, 3.63) is 65.7 Å². The first-order chi connectivity index (χ1) is 11.9. The highest BCUT2D eigenvalue weighted by atomic mass is 79.9. The molecule has 6 nitrogen and oxygen atoms in total. The van der Waals surface area contributed by atoms with Gasteiger partial charge in [-0.05, 0) is 45.8 Å². The number of carbonyl (C=O) groups excluding carboxylic acids is 1. The number of aromatic nitrogens is 3. The number of halogens is 1. The Bertz CT molecular complexity index is 946. The summed E-state index contributed by atoms with van der Waals surface area (Å²) in [6.07, 6.45) is 5.32. The first-order valence-electron chi connectivity index (χ1n) is 7.44. The van der Waals surface area contributed by atoms with Crippen molar-refractivity contribution in [1.29, 1.82) is 0 Å². The van der Waals surface area contributed by atoms with Gasteiger partial charge in [0.15, 0.2) is 0 Å². The van der Waals surface area contributed by atoms with Crippen LogP contribution in [0.3, 0.4) is 0 Å². The van der Waals surface area contributed by atoms with Crippen LogP contribution in [0.4, 0.5) is 11.5 Å². The maximum atomic E-state index is 11.4. The molecule has 3 rings (SSSR count). The SMILES string of the molecule is C=C(C(N)=O)c1ccc(Nc2ccc(Br)cn2)c(-c2cn(C)cn2)c1. The van der Waals surface area contributed by atoms with E-state index >= 15 is 0 Å². The molecule has 7 heteroatoms. The molecular formula is C18H16BrN5O. The number of rotatable bonds is 5. The van der Waals surface area contributed by atoms with Crippen LogP contribution in [0.2, 0.25) is 0 Å². The number of aryl methyl sites for hydroxylation is 1. The number of anilines is 2. The van der Waals surface area contributed by atoms with Crippen molar-refractivity contribution in [3.63, 3.8) is 0 Å². The first kappa shape index (κ1) is 16.9. The van der Waals surface area contributed by atoms with E-state index < -0.39 is 5.91 Å². The lowest BCUT2D eigenvalue weighted by atomic mass is 10.0. The maximum absolute atomic E-state index is 11.4. The summed E-state index contributed by atoms with van der Waals surface area (Å²) in [6, 6.07) is 9.26. The maximum Gasteiger partial charge on any atom is 0.248 e. The van der Waals surface area contributed by atoms with Crippen molar-refractivity contribution in [1.82, 2.24) is 14.5 Å². The van der Waals surface area contributed by atoms with Crippen LogP contribution in [0.5, 0.6) is 0 Å². The summed E-state index contributed by atoms with van der Waals surface area (Å²) in [4.78, 5) is 20.2. The average molecular weight is 398 g/mol. The minimum atomic E-state index is -0.553. The van der Waals surface area contributed by atoms with Gasteiger partial charge < -0.3 is 15.6 Å². The number of nitrogens with one attached hydrogen (secondary N) is 1. The second-order valence-electron chi connectivity index (χ2n) is 5.51. The Labute approximate surface area is 153 Å². The number of pyridine rings is 1. The number of benzene rings is 1. The molecule has 3 N–H and O–H groups in total. The number of nitrogens with zero attached hydrogens (tertiary/aromatic N) is 3. The van der Waals surface area contributed by atoms with E-state index in [4.69, 9.17) is 5.73 Å². The van der Waals surface area contributed by atoms with Crippen molar-refractivity contribution in [3.8, 4) is 11.3 Å². The summed E-state index contributed by atoms with van der Waals surface area (Å²) in [5.74, 6) is 0.143. The second kappa shape index (κ2) is 6.90. The molecule has 2 heterocycles. The zero-order valence-corrected chi connectivity index (χ0v) is 15.1. The molecule has 2 aromatic heterocycles. The molecule has 0 atom stereocenters. The van der Waals surface area contributed by atoms with E-state index in [2.05, 4.69) is 37.8 Å². The van der Waals surface area contributed by atoms with Crippen LogP contribution in [-0.4, -0.2) is 20.4 Å². The van der Waals surface area contributed by atoms with Crippen molar-refractivity contribution >= 4 is 38.9 Å². The molecule has 3 aromatic rings. The highest BCUT2D eigenvalue weighted by Crippen LogP contribution is 2.31. The van der Waals surface area contributed by atoms with Crippen molar-refractivity contribution in [2.45, 2.75) is 0 Å². The van der Waals surface area contributed by atoms with E-state index in [-0.39, 0.29) is 5.57 Å². The number of hydrogen-bond acceptors (Lipinski definition) is 4. The van der Waals surface area contributed by atoms with E-state index in [1.807, 2.05) is 42.1 Å². The molecular weight excluding hydrogens is 382 g/mol. The third-order valence-corrected chi connectivity index (χ3v) is 4.11.